The van der Waals surface area contributed by atoms with E-state index in [0.29, 0.717) is 11.3 Å². The number of rotatable bonds is 1. The molecular weight excluding hydrogens is 523 g/mol. The highest BCUT2D eigenvalue weighted by molar-refractivity contribution is 7.00. The van der Waals surface area contributed by atoms with Crippen LogP contribution in [0.15, 0.2) is 115 Å². The van der Waals surface area contributed by atoms with Crippen LogP contribution < -0.4 is 16.4 Å². The Kier molecular flexibility index (Phi) is 4.12. The van der Waals surface area contributed by atoms with Crippen LogP contribution in [0.25, 0.3) is 71.0 Å². The second kappa shape index (κ2) is 7.82. The largest absolute Gasteiger partial charge is 0.310 e. The fourth-order valence-electron chi connectivity index (χ4n) is 7.92. The number of aromatic nitrogens is 2. The van der Waals surface area contributed by atoms with Crippen LogP contribution in [-0.2, 0) is 0 Å². The van der Waals surface area contributed by atoms with E-state index in [2.05, 4.69) is 117 Å². The third-order valence-electron chi connectivity index (χ3n) is 9.54. The summed E-state index contributed by atoms with van der Waals surface area (Å²) < 4.78 is 4.88. The standard InChI is InChI=1S/C38H19BN4/c1-41-31-18-22(21-40)16-17-24(31)23-19-34-36-35(20-23)43-33-15-5-3-9-26(33)28-11-7-13-30(38(28)43)39(36)29-12-6-10-27-25-8-2-4-14-32(25)42(34)37(27)29/h2-20H. The van der Waals surface area contributed by atoms with Crippen molar-refractivity contribution in [2.45, 2.75) is 0 Å². The lowest BCUT2D eigenvalue weighted by Crippen LogP contribution is -2.59. The molecule has 10 rings (SSSR count). The fraction of sp³-hybridized carbons (Fsp3) is 0. The van der Waals surface area contributed by atoms with Crippen LogP contribution in [0.1, 0.15) is 5.56 Å². The Labute approximate surface area is 247 Å². The van der Waals surface area contributed by atoms with Crippen molar-refractivity contribution < 1.29 is 0 Å². The Bertz CT molecular complexity index is 2520. The molecule has 0 fully saturated rings. The van der Waals surface area contributed by atoms with Crippen LogP contribution in [0.2, 0.25) is 0 Å². The molecule has 2 aliphatic heterocycles. The monoisotopic (exact) mass is 542 g/mol. The molecule has 0 bridgehead atoms. The number of fused-ring (bicyclic) bond motifs is 10. The maximum absolute atomic E-state index is 9.55. The summed E-state index contributed by atoms with van der Waals surface area (Å²) in [5.41, 5.74) is 13.8. The van der Waals surface area contributed by atoms with Gasteiger partial charge in [0.05, 0.1) is 23.7 Å². The molecule has 5 heteroatoms. The second-order valence-corrected chi connectivity index (χ2v) is 11.5. The summed E-state index contributed by atoms with van der Waals surface area (Å²) in [6, 6.07) is 43.0. The number of nitrogens with zero attached hydrogens (tertiary/aromatic N) is 4. The minimum Gasteiger partial charge on any atom is -0.310 e. The average molecular weight is 542 g/mol. The maximum Gasteiger partial charge on any atom is 0.252 e. The van der Waals surface area contributed by atoms with Gasteiger partial charge < -0.3 is 9.13 Å². The maximum atomic E-state index is 9.55. The molecule has 0 saturated carbocycles. The number of hydrogen-bond acceptors (Lipinski definition) is 1. The van der Waals surface area contributed by atoms with Crippen molar-refractivity contribution >= 4 is 72.4 Å². The molecule has 0 spiro atoms. The molecule has 0 radical (unpaired) electrons. The van der Waals surface area contributed by atoms with E-state index in [9.17, 15) is 5.26 Å². The zero-order chi connectivity index (χ0) is 28.4. The molecule has 2 aromatic heterocycles. The van der Waals surface area contributed by atoms with Gasteiger partial charge in [0.15, 0.2) is 5.69 Å². The summed E-state index contributed by atoms with van der Waals surface area (Å²) >= 11 is 0. The van der Waals surface area contributed by atoms with Gasteiger partial charge in [-0.2, -0.15) is 5.26 Å². The lowest BCUT2D eigenvalue weighted by molar-refractivity contribution is 1.14. The quantitative estimate of drug-likeness (QED) is 0.161. The molecule has 194 valence electrons. The van der Waals surface area contributed by atoms with Crippen LogP contribution in [0.4, 0.5) is 5.69 Å². The highest BCUT2D eigenvalue weighted by Crippen LogP contribution is 2.41. The third-order valence-corrected chi connectivity index (χ3v) is 9.54. The zero-order valence-electron chi connectivity index (χ0n) is 22.8. The SMILES string of the molecule is [C-]#[N+]c1cc(C#N)ccc1-c1cc2c3c(c1)-n1c4ccccc4c4cccc(c41)B3c1cccc3c4ccccc4n-2c13. The summed E-state index contributed by atoms with van der Waals surface area (Å²) in [7, 11) is 0. The van der Waals surface area contributed by atoms with E-state index < -0.39 is 0 Å². The van der Waals surface area contributed by atoms with E-state index in [4.69, 9.17) is 6.57 Å². The van der Waals surface area contributed by atoms with Gasteiger partial charge in [0.25, 0.3) is 6.71 Å². The first kappa shape index (κ1) is 22.6. The van der Waals surface area contributed by atoms with Gasteiger partial charge in [-0.1, -0.05) is 78.9 Å². The Morgan fingerprint density at radius 2 is 1.19 bits per heavy atom. The van der Waals surface area contributed by atoms with Crippen LogP contribution in [0.3, 0.4) is 0 Å². The lowest BCUT2D eigenvalue weighted by Gasteiger charge is -2.34. The topological polar surface area (TPSA) is 38.0 Å². The first-order chi connectivity index (χ1) is 21.3. The van der Waals surface area contributed by atoms with Gasteiger partial charge in [0.2, 0.25) is 0 Å². The predicted molar refractivity (Wildman–Crippen MR) is 176 cm³/mol. The zero-order valence-corrected chi connectivity index (χ0v) is 22.8. The summed E-state index contributed by atoms with van der Waals surface area (Å²) in [5.74, 6) is 0. The molecule has 6 aromatic carbocycles. The molecule has 0 N–H and O–H groups in total. The van der Waals surface area contributed by atoms with Gasteiger partial charge in [0, 0.05) is 49.5 Å². The summed E-state index contributed by atoms with van der Waals surface area (Å²) in [4.78, 5) is 3.87. The van der Waals surface area contributed by atoms with Gasteiger partial charge in [-0.15, -0.1) is 0 Å². The Morgan fingerprint density at radius 3 is 1.74 bits per heavy atom. The molecule has 43 heavy (non-hydrogen) atoms. The van der Waals surface area contributed by atoms with Crippen molar-refractivity contribution in [1.29, 1.82) is 5.26 Å². The number of benzene rings is 6. The molecular formula is C38H19BN4. The molecule has 4 heterocycles. The fourth-order valence-corrected chi connectivity index (χ4v) is 7.92. The van der Waals surface area contributed by atoms with Crippen LogP contribution in [0, 0.1) is 17.9 Å². The normalized spacial score (nSPS) is 12.6. The van der Waals surface area contributed by atoms with Gasteiger partial charge in [0.1, 0.15) is 0 Å². The van der Waals surface area contributed by atoms with Crippen molar-refractivity contribution in [1.82, 2.24) is 9.13 Å². The number of nitriles is 1. The van der Waals surface area contributed by atoms with Crippen LogP contribution in [0.5, 0.6) is 0 Å². The van der Waals surface area contributed by atoms with Crippen molar-refractivity contribution in [3.05, 3.63) is 132 Å². The van der Waals surface area contributed by atoms with Crippen LogP contribution in [-0.4, -0.2) is 15.8 Å². The van der Waals surface area contributed by atoms with Gasteiger partial charge >= 0.3 is 0 Å². The highest BCUT2D eigenvalue weighted by atomic mass is 15.0. The second-order valence-electron chi connectivity index (χ2n) is 11.5. The van der Waals surface area contributed by atoms with E-state index in [1.807, 2.05) is 12.1 Å². The minimum absolute atomic E-state index is 0.0707. The highest BCUT2D eigenvalue weighted by Gasteiger charge is 2.40. The molecule has 4 nitrogen and oxygen atoms in total. The minimum atomic E-state index is 0.0707. The molecule has 2 aliphatic rings. The Morgan fingerprint density at radius 1 is 0.628 bits per heavy atom. The Hall–Kier alpha value is -6.04. The van der Waals surface area contributed by atoms with Crippen molar-refractivity contribution in [2.75, 3.05) is 0 Å². The van der Waals surface area contributed by atoms with Crippen molar-refractivity contribution in [2.24, 2.45) is 0 Å². The molecule has 0 atom stereocenters. The van der Waals surface area contributed by atoms with Gasteiger partial charge in [-0.3, -0.25) is 0 Å². The Balaban J connectivity index is 1.46. The number of para-hydroxylation sites is 4. The van der Waals surface area contributed by atoms with E-state index in [1.165, 1.54) is 60.0 Å². The van der Waals surface area contributed by atoms with Gasteiger partial charge in [-0.25, -0.2) is 4.85 Å². The van der Waals surface area contributed by atoms with E-state index in [1.54, 1.807) is 6.07 Å². The van der Waals surface area contributed by atoms with Crippen LogP contribution >= 0.6 is 0 Å². The smallest absolute Gasteiger partial charge is 0.252 e. The summed E-state index contributed by atoms with van der Waals surface area (Å²) in [6.45, 7) is 8.06. The summed E-state index contributed by atoms with van der Waals surface area (Å²) in [6.07, 6.45) is 0. The predicted octanol–water partition coefficient (Wildman–Crippen LogP) is 7.11. The third kappa shape index (κ3) is 2.66. The molecule has 0 aliphatic carbocycles. The first-order valence-electron chi connectivity index (χ1n) is 14.4. The molecule has 0 saturated heterocycles. The van der Waals surface area contributed by atoms with Gasteiger partial charge in [-0.05, 0) is 63.9 Å². The average Bonchev–Trinajstić information content (AvgIpc) is 3.59. The molecule has 0 amide bonds. The van der Waals surface area contributed by atoms with E-state index in [-0.39, 0.29) is 6.71 Å². The molecule has 0 unspecified atom stereocenters. The van der Waals surface area contributed by atoms with E-state index in [0.717, 1.165) is 22.5 Å². The van der Waals surface area contributed by atoms with Crippen molar-refractivity contribution in [3.63, 3.8) is 0 Å². The molecule has 8 aromatic rings. The lowest BCUT2D eigenvalue weighted by atomic mass is 9.34. The number of hydrogen-bond donors (Lipinski definition) is 0. The first-order valence-corrected chi connectivity index (χ1v) is 14.4. The summed E-state index contributed by atoms with van der Waals surface area (Å²) in [5, 5.41) is 14.5. The van der Waals surface area contributed by atoms with Crippen molar-refractivity contribution in [3.8, 4) is 28.6 Å². The van der Waals surface area contributed by atoms with E-state index >= 15 is 0 Å².